The van der Waals surface area contributed by atoms with Gasteiger partial charge in [0, 0.05) is 0 Å². The van der Waals surface area contributed by atoms with E-state index in [1.54, 1.807) is 35.4 Å². The van der Waals surface area contributed by atoms with Gasteiger partial charge in [0.05, 0.1) is 0 Å². The molecule has 0 aromatic carbocycles. The van der Waals surface area contributed by atoms with Crippen LogP contribution in [0.2, 0.25) is 0 Å². The maximum atomic E-state index is 2.45. The third-order valence-corrected chi connectivity index (χ3v) is 7.00. The van der Waals surface area contributed by atoms with Crippen molar-refractivity contribution >= 4 is 3.21 Å². The largest absolute Gasteiger partial charge is 1.00 e. The number of allylic oxidation sites excluding steroid dienone is 8. The first-order chi connectivity index (χ1) is 13.9. The van der Waals surface area contributed by atoms with Crippen molar-refractivity contribution in [3.8, 4) is 0 Å². The van der Waals surface area contributed by atoms with Gasteiger partial charge in [0.2, 0.25) is 0 Å². The topological polar surface area (TPSA) is 0 Å². The van der Waals surface area contributed by atoms with Crippen molar-refractivity contribution in [1.82, 2.24) is 0 Å². The maximum absolute atomic E-state index is 2.45. The summed E-state index contributed by atoms with van der Waals surface area (Å²) in [5.74, 6) is 3.14. The van der Waals surface area contributed by atoms with Crippen LogP contribution in [0.25, 0.3) is 0 Å². The fraction of sp³-hybridized carbons (Fsp3) is 0.621. The number of hydrogen-bond acceptors (Lipinski definition) is 0. The van der Waals surface area contributed by atoms with E-state index in [-0.39, 0.29) is 24.8 Å². The quantitative estimate of drug-likeness (QED) is 0.403. The van der Waals surface area contributed by atoms with Gasteiger partial charge in [-0.15, -0.1) is 24.3 Å². The minimum Gasteiger partial charge on any atom is -1.00 e. The summed E-state index contributed by atoms with van der Waals surface area (Å²) in [5.41, 5.74) is 4.07. The van der Waals surface area contributed by atoms with Gasteiger partial charge >= 0.3 is 41.3 Å². The van der Waals surface area contributed by atoms with E-state index in [9.17, 15) is 0 Å². The number of halogens is 2. The van der Waals surface area contributed by atoms with Gasteiger partial charge in [0.25, 0.3) is 0 Å². The Morgan fingerprint density at radius 1 is 0.781 bits per heavy atom. The van der Waals surface area contributed by atoms with Gasteiger partial charge in [-0.1, -0.05) is 66.2 Å². The van der Waals surface area contributed by atoms with E-state index in [4.69, 9.17) is 0 Å². The summed E-state index contributed by atoms with van der Waals surface area (Å²) < 4.78 is 1.51. The Morgan fingerprint density at radius 3 is 1.41 bits per heavy atom. The molecule has 0 nitrogen and oxygen atoms in total. The minimum absolute atomic E-state index is 0. The second-order valence-electron chi connectivity index (χ2n) is 11.4. The van der Waals surface area contributed by atoms with E-state index < -0.39 is 0 Å². The summed E-state index contributed by atoms with van der Waals surface area (Å²) in [7, 11) is 0. The van der Waals surface area contributed by atoms with Crippen LogP contribution in [0.3, 0.4) is 0 Å². The molecule has 2 fully saturated rings. The van der Waals surface area contributed by atoms with Crippen molar-refractivity contribution in [2.24, 2.45) is 34.5 Å². The Morgan fingerprint density at radius 2 is 1.09 bits per heavy atom. The molecule has 180 valence electrons. The molecule has 4 aliphatic carbocycles. The van der Waals surface area contributed by atoms with Crippen LogP contribution in [0.15, 0.2) is 47.6 Å². The molecule has 4 aliphatic rings. The van der Waals surface area contributed by atoms with E-state index in [1.807, 2.05) is 0 Å². The number of rotatable bonds is 0. The smallest absolute Gasteiger partial charge is 1.00 e. The molecule has 0 bridgehead atoms. The summed E-state index contributed by atoms with van der Waals surface area (Å²) in [6.07, 6.45) is 23.7. The van der Waals surface area contributed by atoms with Crippen molar-refractivity contribution < 1.29 is 49.0 Å². The molecule has 0 aromatic rings. The second-order valence-corrected chi connectivity index (χ2v) is 13.9. The Labute approximate surface area is 227 Å². The van der Waals surface area contributed by atoms with Crippen LogP contribution < -0.4 is 24.8 Å². The monoisotopic (exact) mass is 552 g/mol. The molecule has 0 amide bonds. The average molecular weight is 555 g/mol. The molecular weight excluding hydrogens is 510 g/mol. The molecule has 0 spiro atoms. The summed E-state index contributed by atoms with van der Waals surface area (Å²) >= 11 is 1.55. The van der Waals surface area contributed by atoms with Crippen LogP contribution in [-0.4, -0.2) is 3.21 Å². The van der Waals surface area contributed by atoms with Crippen LogP contribution in [0, 0.1) is 47.3 Å². The fourth-order valence-corrected chi connectivity index (χ4v) is 5.31. The Kier molecular flexibility index (Phi) is 13.8. The van der Waals surface area contributed by atoms with Gasteiger partial charge in [-0.05, 0) is 35.5 Å². The van der Waals surface area contributed by atoms with Gasteiger partial charge in [-0.3, -0.25) is 0 Å². The molecule has 4 unspecified atom stereocenters. The van der Waals surface area contributed by atoms with Crippen molar-refractivity contribution in [3.05, 3.63) is 60.4 Å². The third-order valence-electron chi connectivity index (χ3n) is 7.00. The van der Waals surface area contributed by atoms with Crippen LogP contribution in [0.4, 0.5) is 0 Å². The van der Waals surface area contributed by atoms with Crippen molar-refractivity contribution in [2.75, 3.05) is 0 Å². The standard InChI is InChI=1S/2C13H19.C3H6.2ClH.Zr/c2*1-10-8-11-6-4-5-7-13(2,3)12(11)9-10;1-3-2;;;/h2*4-6,8,10,12H,7,9H2,1-3H3;1-2H3;2*1H;/q2*-1;;;;+2/p-2. The Hall–Kier alpha value is 0.0331. The summed E-state index contributed by atoms with van der Waals surface area (Å²) in [6, 6.07) is 0. The molecule has 4 atom stereocenters. The fourth-order valence-electron chi connectivity index (χ4n) is 5.31. The summed E-state index contributed by atoms with van der Waals surface area (Å²) in [6.45, 7) is 18.5. The van der Waals surface area contributed by atoms with E-state index >= 15 is 0 Å². The zero-order chi connectivity index (χ0) is 22.5. The van der Waals surface area contributed by atoms with E-state index in [1.165, 1.54) is 28.9 Å². The molecule has 0 saturated heterocycles. The van der Waals surface area contributed by atoms with Crippen molar-refractivity contribution in [3.63, 3.8) is 0 Å². The van der Waals surface area contributed by atoms with Gasteiger partial charge in [0.1, 0.15) is 0 Å². The van der Waals surface area contributed by atoms with Gasteiger partial charge < -0.3 is 24.8 Å². The molecule has 3 heteroatoms. The third kappa shape index (κ3) is 9.35. The Bertz CT molecular complexity index is 663. The molecule has 32 heavy (non-hydrogen) atoms. The second kappa shape index (κ2) is 13.8. The normalized spacial score (nSPS) is 30.2. The molecule has 0 N–H and O–H groups in total. The van der Waals surface area contributed by atoms with Crippen LogP contribution >= 0.6 is 0 Å². The molecule has 0 radical (unpaired) electrons. The SMILES string of the molecule is CC1[CH-]C2=CC=CCC(C)(C)C2C1.CC1[CH-]C2=CC=CCC(C)(C)C2C1.C[C](C)=[Zr+2].[Cl-].[Cl-]. The van der Waals surface area contributed by atoms with Crippen LogP contribution in [0.5, 0.6) is 0 Å². The van der Waals surface area contributed by atoms with Crippen LogP contribution in [-0.2, 0) is 24.2 Å². The van der Waals surface area contributed by atoms with Crippen molar-refractivity contribution in [1.29, 1.82) is 0 Å². The first-order valence-electron chi connectivity index (χ1n) is 11.9. The van der Waals surface area contributed by atoms with Gasteiger partial charge in [-0.2, -0.15) is 0 Å². The molecular formula is C29H44Cl2Zr-2. The van der Waals surface area contributed by atoms with Crippen LogP contribution in [0.1, 0.15) is 81.1 Å². The minimum atomic E-state index is 0. The van der Waals surface area contributed by atoms with Gasteiger partial charge in [-0.25, -0.2) is 36.1 Å². The average Bonchev–Trinajstić information content (AvgIpc) is 3.11. The molecule has 0 aliphatic heterocycles. The summed E-state index contributed by atoms with van der Waals surface area (Å²) in [4.78, 5) is 0. The predicted molar refractivity (Wildman–Crippen MR) is 131 cm³/mol. The van der Waals surface area contributed by atoms with E-state index in [2.05, 4.69) is 105 Å². The Balaban J connectivity index is 0.000000490. The molecule has 4 rings (SSSR count). The van der Waals surface area contributed by atoms with E-state index in [0.717, 1.165) is 23.7 Å². The number of fused-ring (bicyclic) bond motifs is 2. The number of hydrogen-bond donors (Lipinski definition) is 0. The predicted octanol–water partition coefficient (Wildman–Crippen LogP) is 2.27. The van der Waals surface area contributed by atoms with Gasteiger partial charge in [0.15, 0.2) is 0 Å². The first-order valence-corrected chi connectivity index (χ1v) is 13.1. The molecule has 2 saturated carbocycles. The van der Waals surface area contributed by atoms with E-state index in [0.29, 0.717) is 10.8 Å². The zero-order valence-corrected chi connectivity index (χ0v) is 25.5. The first kappa shape index (κ1) is 32.0. The maximum Gasteiger partial charge on any atom is -1.00 e. The summed E-state index contributed by atoms with van der Waals surface area (Å²) in [5, 5.41) is 0. The molecule has 0 aromatic heterocycles. The molecule has 0 heterocycles. The van der Waals surface area contributed by atoms with Crippen molar-refractivity contribution in [2.45, 2.75) is 81.1 Å². The zero-order valence-electron chi connectivity index (χ0n) is 21.5.